The van der Waals surface area contributed by atoms with E-state index in [1.807, 2.05) is 6.08 Å². The van der Waals surface area contributed by atoms with Crippen LogP contribution in [-0.4, -0.2) is 25.5 Å². The Balaban J connectivity index is 1.70. The van der Waals surface area contributed by atoms with Crippen molar-refractivity contribution in [1.29, 1.82) is 0 Å². The Bertz CT molecular complexity index is 881. The van der Waals surface area contributed by atoms with E-state index >= 15 is 0 Å². The number of unbranched alkanes of at least 4 members (excludes halogenated alkanes) is 1. The molecule has 3 aliphatic rings. The molecule has 2 bridgehead atoms. The van der Waals surface area contributed by atoms with Gasteiger partial charge in [0.2, 0.25) is 10.0 Å². The molecular weight excluding hydrogens is 410 g/mol. The number of benzene rings is 1. The number of carbonyl (C=O) groups is 1. The lowest BCUT2D eigenvalue weighted by Gasteiger charge is -2.62. The van der Waals surface area contributed by atoms with Crippen molar-refractivity contribution in [3.05, 3.63) is 41.4 Å². The molecule has 0 radical (unpaired) electrons. The molecule has 4 rings (SSSR count). The van der Waals surface area contributed by atoms with Gasteiger partial charge in [-0.15, -0.1) is 0 Å². The number of hydrogen-bond donors (Lipinski definition) is 2. The third-order valence-electron chi connectivity index (χ3n) is 6.84. The molecule has 0 aromatic heterocycles. The lowest BCUT2D eigenvalue weighted by atomic mass is 9.45. The van der Waals surface area contributed by atoms with Crippen molar-refractivity contribution < 1.29 is 18.3 Å². The molecule has 0 heterocycles. The molecule has 5 nitrogen and oxygen atoms in total. The number of aliphatic carboxylic acids is 1. The molecule has 4 atom stereocenters. The van der Waals surface area contributed by atoms with E-state index in [9.17, 15) is 13.2 Å². The molecule has 7 heteroatoms. The summed E-state index contributed by atoms with van der Waals surface area (Å²) in [4.78, 5) is 10.8. The number of allylic oxidation sites excluding steroid dienone is 2. The van der Waals surface area contributed by atoms with Crippen LogP contribution in [-0.2, 0) is 14.8 Å². The molecular formula is C22H30ClNO4S. The molecule has 1 aromatic carbocycles. The van der Waals surface area contributed by atoms with E-state index in [0.717, 1.165) is 25.7 Å². The van der Waals surface area contributed by atoms with Crippen molar-refractivity contribution in [2.75, 3.05) is 0 Å². The monoisotopic (exact) mass is 439 g/mol. The molecule has 0 aliphatic heterocycles. The first-order valence-corrected chi connectivity index (χ1v) is 12.1. The Morgan fingerprint density at radius 1 is 1.31 bits per heavy atom. The predicted octanol–water partition coefficient (Wildman–Crippen LogP) is 4.87. The van der Waals surface area contributed by atoms with Gasteiger partial charge in [0.15, 0.2) is 0 Å². The largest absolute Gasteiger partial charge is 0.481 e. The van der Waals surface area contributed by atoms with E-state index in [-0.39, 0.29) is 28.7 Å². The summed E-state index contributed by atoms with van der Waals surface area (Å²) in [5.74, 6) is 0.422. The second-order valence-electron chi connectivity index (χ2n) is 8.95. The molecule has 3 fully saturated rings. The molecule has 2 N–H and O–H groups in total. The fourth-order valence-electron chi connectivity index (χ4n) is 4.97. The van der Waals surface area contributed by atoms with Crippen molar-refractivity contribution >= 4 is 27.6 Å². The van der Waals surface area contributed by atoms with Crippen molar-refractivity contribution in [3.8, 4) is 0 Å². The van der Waals surface area contributed by atoms with E-state index in [4.69, 9.17) is 16.7 Å². The van der Waals surface area contributed by atoms with Crippen LogP contribution in [0.1, 0.15) is 52.4 Å². The van der Waals surface area contributed by atoms with Gasteiger partial charge in [-0.2, -0.15) is 0 Å². The smallest absolute Gasteiger partial charge is 0.303 e. The molecule has 1 aromatic rings. The maximum atomic E-state index is 13.0. The number of nitrogens with one attached hydrogen (secondary N) is 1. The Labute approximate surface area is 178 Å². The van der Waals surface area contributed by atoms with Crippen molar-refractivity contribution in [2.45, 2.75) is 63.3 Å². The highest BCUT2D eigenvalue weighted by Crippen LogP contribution is 2.61. The fourth-order valence-corrected chi connectivity index (χ4v) is 6.61. The summed E-state index contributed by atoms with van der Waals surface area (Å²) in [7, 11) is -3.65. The molecule has 0 saturated heterocycles. The van der Waals surface area contributed by atoms with Gasteiger partial charge in [-0.05, 0) is 73.5 Å². The minimum atomic E-state index is -3.65. The van der Waals surface area contributed by atoms with Gasteiger partial charge in [-0.1, -0.05) is 43.7 Å². The Morgan fingerprint density at radius 2 is 2.07 bits per heavy atom. The summed E-state index contributed by atoms with van der Waals surface area (Å²) in [5.41, 5.74) is 0.142. The number of hydrogen-bond acceptors (Lipinski definition) is 3. The average molecular weight is 440 g/mol. The zero-order valence-electron chi connectivity index (χ0n) is 17.0. The van der Waals surface area contributed by atoms with Gasteiger partial charge in [-0.25, -0.2) is 13.1 Å². The first-order chi connectivity index (χ1) is 13.6. The van der Waals surface area contributed by atoms with E-state index in [1.165, 1.54) is 6.07 Å². The van der Waals surface area contributed by atoms with E-state index < -0.39 is 16.0 Å². The van der Waals surface area contributed by atoms with Crippen LogP contribution in [0, 0.1) is 23.2 Å². The number of sulfonamides is 1. The van der Waals surface area contributed by atoms with Crippen molar-refractivity contribution in [2.24, 2.45) is 23.2 Å². The molecule has 160 valence electrons. The number of rotatable bonds is 9. The van der Waals surface area contributed by atoms with Crippen molar-refractivity contribution in [1.82, 2.24) is 4.72 Å². The highest BCUT2D eigenvalue weighted by molar-refractivity contribution is 7.89. The number of fused-ring (bicyclic) bond motifs is 2. The van der Waals surface area contributed by atoms with Crippen LogP contribution in [0.4, 0.5) is 0 Å². The number of halogens is 1. The normalized spacial score (nSPS) is 28.2. The standard InChI is InChI=1S/C22H30ClNO4S/c1-22(2)16-12-15(8-5-3-4-6-11-20(25)26)21(19(22)13-16)24-29(27,28)18-10-7-9-17(23)14-18/h3,5,7,9-10,14-16,19,21,24H,4,6,8,11-13H2,1-2H3,(H,25,26). The Hall–Kier alpha value is -1.37. The van der Waals surface area contributed by atoms with Crippen LogP contribution >= 0.6 is 11.6 Å². The predicted molar refractivity (Wildman–Crippen MR) is 114 cm³/mol. The van der Waals surface area contributed by atoms with Crippen molar-refractivity contribution in [3.63, 3.8) is 0 Å². The van der Waals surface area contributed by atoms with Crippen LogP contribution in [0.5, 0.6) is 0 Å². The molecule has 3 saturated carbocycles. The lowest BCUT2D eigenvalue weighted by molar-refractivity contribution is -0.137. The minimum absolute atomic E-state index is 0.109. The quantitative estimate of drug-likeness (QED) is 0.424. The van der Waals surface area contributed by atoms with Crippen LogP contribution in [0.25, 0.3) is 0 Å². The summed E-state index contributed by atoms with van der Waals surface area (Å²) >= 11 is 6.00. The van der Waals surface area contributed by atoms with Crippen LogP contribution in [0.3, 0.4) is 0 Å². The summed E-state index contributed by atoms with van der Waals surface area (Å²) in [6.07, 6.45) is 8.52. The second-order valence-corrected chi connectivity index (χ2v) is 11.1. The van der Waals surface area contributed by atoms with E-state index in [0.29, 0.717) is 23.3 Å². The summed E-state index contributed by atoms with van der Waals surface area (Å²) in [6, 6.07) is 6.27. The zero-order chi connectivity index (χ0) is 21.2. The third kappa shape index (κ3) is 5.04. The third-order valence-corrected chi connectivity index (χ3v) is 8.53. The highest BCUT2D eigenvalue weighted by atomic mass is 35.5. The molecule has 0 spiro atoms. The second kappa shape index (κ2) is 8.78. The fraction of sp³-hybridized carbons (Fsp3) is 0.591. The SMILES string of the molecule is CC1(C)C2CC(CC=CCCCC(=O)O)C(NS(=O)(=O)c3cccc(Cl)c3)C1C2. The van der Waals surface area contributed by atoms with Gasteiger partial charge in [0.05, 0.1) is 4.90 Å². The molecule has 29 heavy (non-hydrogen) atoms. The van der Waals surface area contributed by atoms with Crippen LogP contribution in [0.15, 0.2) is 41.3 Å². The van der Waals surface area contributed by atoms with Crippen LogP contribution < -0.4 is 4.72 Å². The Morgan fingerprint density at radius 3 is 2.72 bits per heavy atom. The van der Waals surface area contributed by atoms with Gasteiger partial charge in [0, 0.05) is 17.5 Å². The van der Waals surface area contributed by atoms with Gasteiger partial charge >= 0.3 is 5.97 Å². The average Bonchev–Trinajstić information content (AvgIpc) is 2.64. The molecule has 4 unspecified atom stereocenters. The zero-order valence-corrected chi connectivity index (χ0v) is 18.5. The number of carboxylic acids is 1. The maximum absolute atomic E-state index is 13.0. The summed E-state index contributed by atoms with van der Waals surface area (Å²) in [6.45, 7) is 4.48. The highest BCUT2D eigenvalue weighted by Gasteiger charge is 2.58. The summed E-state index contributed by atoms with van der Waals surface area (Å²) in [5, 5.41) is 9.12. The lowest BCUT2D eigenvalue weighted by Crippen LogP contribution is -2.63. The van der Waals surface area contributed by atoms with Crippen LogP contribution in [0.2, 0.25) is 5.02 Å². The maximum Gasteiger partial charge on any atom is 0.303 e. The van der Waals surface area contributed by atoms with Gasteiger partial charge < -0.3 is 5.11 Å². The molecule has 3 aliphatic carbocycles. The topological polar surface area (TPSA) is 83.5 Å². The molecule has 0 amide bonds. The Kier molecular flexibility index (Phi) is 6.76. The van der Waals surface area contributed by atoms with Gasteiger partial charge in [0.25, 0.3) is 0 Å². The van der Waals surface area contributed by atoms with Gasteiger partial charge in [-0.3, -0.25) is 4.79 Å². The minimum Gasteiger partial charge on any atom is -0.481 e. The number of carboxylic acid groups (broad SMARTS) is 1. The van der Waals surface area contributed by atoms with E-state index in [2.05, 4.69) is 24.6 Å². The van der Waals surface area contributed by atoms with Gasteiger partial charge in [0.1, 0.15) is 0 Å². The summed E-state index contributed by atoms with van der Waals surface area (Å²) < 4.78 is 29.0. The first-order valence-electron chi connectivity index (χ1n) is 10.3. The first kappa shape index (κ1) is 22.3. The van der Waals surface area contributed by atoms with E-state index in [1.54, 1.807) is 18.2 Å².